The lowest BCUT2D eigenvalue weighted by molar-refractivity contribution is -0.129. The quantitative estimate of drug-likeness (QED) is 0.573. The van der Waals surface area contributed by atoms with Gasteiger partial charge in [0.2, 0.25) is 5.91 Å². The zero-order valence-corrected chi connectivity index (χ0v) is 16.3. The smallest absolute Gasteiger partial charge is 0.233 e. The van der Waals surface area contributed by atoms with Crippen LogP contribution in [0.4, 0.5) is 4.39 Å². The third-order valence-corrected chi connectivity index (χ3v) is 5.71. The highest BCUT2D eigenvalue weighted by Gasteiger charge is 2.33. The highest BCUT2D eigenvalue weighted by Crippen LogP contribution is 2.30. The molecular weight excluding hydrogens is 377 g/mol. The zero-order valence-electron chi connectivity index (χ0n) is 15.5. The van der Waals surface area contributed by atoms with Crippen LogP contribution in [0.5, 0.6) is 0 Å². The van der Waals surface area contributed by atoms with E-state index in [1.807, 2.05) is 23.7 Å². The molecule has 1 saturated carbocycles. The van der Waals surface area contributed by atoms with Gasteiger partial charge in [-0.1, -0.05) is 30.0 Å². The highest BCUT2D eigenvalue weighted by atomic mass is 32.2. The van der Waals surface area contributed by atoms with E-state index in [2.05, 4.69) is 15.2 Å². The number of aromatic nitrogens is 4. The average molecular weight is 397 g/mol. The van der Waals surface area contributed by atoms with Crippen molar-refractivity contribution in [1.29, 1.82) is 0 Å². The van der Waals surface area contributed by atoms with Crippen LogP contribution in [0.25, 0.3) is 11.4 Å². The molecule has 0 spiro atoms. The van der Waals surface area contributed by atoms with Crippen molar-refractivity contribution in [3.8, 4) is 11.4 Å². The summed E-state index contributed by atoms with van der Waals surface area (Å²) in [6.07, 6.45) is 5.36. The number of hydrogen-bond acceptors (Lipinski definition) is 5. The maximum absolute atomic E-state index is 14.0. The number of nitrogens with zero attached hydrogens (tertiary/aromatic N) is 5. The van der Waals surface area contributed by atoms with E-state index < -0.39 is 0 Å². The summed E-state index contributed by atoms with van der Waals surface area (Å²) in [5, 5.41) is 9.10. The van der Waals surface area contributed by atoms with Gasteiger partial charge in [-0.3, -0.25) is 9.78 Å². The summed E-state index contributed by atoms with van der Waals surface area (Å²) >= 11 is 1.35. The van der Waals surface area contributed by atoms with Crippen molar-refractivity contribution in [3.63, 3.8) is 0 Å². The van der Waals surface area contributed by atoms with Crippen molar-refractivity contribution in [2.75, 3.05) is 5.75 Å². The molecule has 1 aliphatic carbocycles. The minimum Gasteiger partial charge on any atom is -0.335 e. The van der Waals surface area contributed by atoms with Gasteiger partial charge in [0.05, 0.1) is 5.75 Å². The fraction of sp³-hybridized carbons (Fsp3) is 0.300. The molecule has 2 heterocycles. The molecule has 28 heavy (non-hydrogen) atoms. The van der Waals surface area contributed by atoms with Gasteiger partial charge in [-0.2, -0.15) is 0 Å². The van der Waals surface area contributed by atoms with Gasteiger partial charge in [0.15, 0.2) is 11.0 Å². The second-order valence-electron chi connectivity index (χ2n) is 6.73. The van der Waals surface area contributed by atoms with Crippen LogP contribution in [0.15, 0.2) is 53.9 Å². The Morgan fingerprint density at radius 2 is 1.96 bits per heavy atom. The van der Waals surface area contributed by atoms with E-state index in [-0.39, 0.29) is 23.5 Å². The minimum atomic E-state index is -0.274. The lowest BCUT2D eigenvalue weighted by Gasteiger charge is -2.22. The van der Waals surface area contributed by atoms with Crippen LogP contribution in [0.3, 0.4) is 0 Å². The van der Waals surface area contributed by atoms with Crippen LogP contribution in [-0.4, -0.2) is 42.4 Å². The SMILES string of the molecule is Cn1c(SCC(=O)N(Cc2ccccc2F)C2CC2)nnc1-c1ccncc1. The Morgan fingerprint density at radius 3 is 2.68 bits per heavy atom. The van der Waals surface area contributed by atoms with Crippen LogP contribution < -0.4 is 0 Å². The number of halogens is 1. The molecule has 0 aliphatic heterocycles. The molecule has 3 aromatic rings. The predicted octanol–water partition coefficient (Wildman–Crippen LogP) is 3.30. The first-order valence-electron chi connectivity index (χ1n) is 9.09. The number of rotatable bonds is 7. The number of carbonyl (C=O) groups excluding carboxylic acids is 1. The Balaban J connectivity index is 1.43. The van der Waals surface area contributed by atoms with E-state index in [0.29, 0.717) is 17.3 Å². The van der Waals surface area contributed by atoms with Gasteiger partial charge >= 0.3 is 0 Å². The van der Waals surface area contributed by atoms with Crippen molar-refractivity contribution >= 4 is 17.7 Å². The van der Waals surface area contributed by atoms with Crippen LogP contribution in [0.1, 0.15) is 18.4 Å². The largest absolute Gasteiger partial charge is 0.335 e. The number of pyridine rings is 1. The molecule has 0 radical (unpaired) electrons. The molecule has 1 aliphatic rings. The average Bonchev–Trinajstić information content (AvgIpc) is 3.49. The maximum atomic E-state index is 14.0. The summed E-state index contributed by atoms with van der Waals surface area (Å²) in [7, 11) is 1.88. The normalized spacial score (nSPS) is 13.5. The van der Waals surface area contributed by atoms with Gasteiger partial charge < -0.3 is 9.47 Å². The number of benzene rings is 1. The molecule has 2 aromatic heterocycles. The van der Waals surface area contributed by atoms with Crippen molar-refractivity contribution in [3.05, 3.63) is 60.2 Å². The molecule has 0 saturated heterocycles. The van der Waals surface area contributed by atoms with Gasteiger partial charge in [0, 0.05) is 43.2 Å². The first-order valence-corrected chi connectivity index (χ1v) is 10.1. The van der Waals surface area contributed by atoms with Crippen molar-refractivity contribution in [1.82, 2.24) is 24.6 Å². The summed E-state index contributed by atoms with van der Waals surface area (Å²) in [5.41, 5.74) is 1.47. The summed E-state index contributed by atoms with van der Waals surface area (Å²) in [4.78, 5) is 18.6. The Labute approximate surface area is 166 Å². The fourth-order valence-corrected chi connectivity index (χ4v) is 3.82. The predicted molar refractivity (Wildman–Crippen MR) is 105 cm³/mol. The monoisotopic (exact) mass is 397 g/mol. The number of carbonyl (C=O) groups is 1. The summed E-state index contributed by atoms with van der Waals surface area (Å²) in [5.74, 6) is 0.684. The second kappa shape index (κ2) is 8.10. The van der Waals surface area contributed by atoms with E-state index in [9.17, 15) is 9.18 Å². The molecule has 0 bridgehead atoms. The van der Waals surface area contributed by atoms with E-state index in [4.69, 9.17) is 0 Å². The van der Waals surface area contributed by atoms with E-state index in [1.165, 1.54) is 17.8 Å². The Hall–Kier alpha value is -2.74. The molecule has 1 fully saturated rings. The van der Waals surface area contributed by atoms with Crippen LogP contribution >= 0.6 is 11.8 Å². The third kappa shape index (κ3) is 4.06. The Bertz CT molecular complexity index is 974. The first-order chi connectivity index (χ1) is 13.6. The molecule has 0 N–H and O–H groups in total. The Morgan fingerprint density at radius 1 is 1.21 bits per heavy atom. The number of thioether (sulfide) groups is 1. The van der Waals surface area contributed by atoms with Gasteiger partial charge in [0.1, 0.15) is 5.82 Å². The lowest BCUT2D eigenvalue weighted by Crippen LogP contribution is -2.34. The fourth-order valence-electron chi connectivity index (χ4n) is 3.02. The van der Waals surface area contributed by atoms with Gasteiger partial charge in [0.25, 0.3) is 0 Å². The van der Waals surface area contributed by atoms with Gasteiger partial charge in [-0.15, -0.1) is 10.2 Å². The number of hydrogen-bond donors (Lipinski definition) is 0. The minimum absolute atomic E-state index is 0.00999. The van der Waals surface area contributed by atoms with Crippen LogP contribution in [0.2, 0.25) is 0 Å². The Kier molecular flexibility index (Phi) is 5.38. The molecule has 8 heteroatoms. The van der Waals surface area contributed by atoms with E-state index >= 15 is 0 Å². The number of amides is 1. The molecule has 1 amide bonds. The highest BCUT2D eigenvalue weighted by molar-refractivity contribution is 7.99. The summed E-state index contributed by atoms with van der Waals surface area (Å²) in [6.45, 7) is 0.303. The lowest BCUT2D eigenvalue weighted by atomic mass is 10.2. The van der Waals surface area contributed by atoms with Crippen molar-refractivity contribution in [2.45, 2.75) is 30.6 Å². The molecule has 6 nitrogen and oxygen atoms in total. The molecule has 0 unspecified atom stereocenters. The van der Waals surface area contributed by atoms with Crippen LogP contribution in [-0.2, 0) is 18.4 Å². The molecule has 144 valence electrons. The summed E-state index contributed by atoms with van der Waals surface area (Å²) in [6, 6.07) is 10.6. The molecule has 0 atom stereocenters. The van der Waals surface area contributed by atoms with Crippen molar-refractivity contribution in [2.24, 2.45) is 7.05 Å². The molecule has 1 aromatic carbocycles. The molecular formula is C20H20FN5OS. The molecule has 4 rings (SSSR count). The topological polar surface area (TPSA) is 63.9 Å². The maximum Gasteiger partial charge on any atom is 0.233 e. The van der Waals surface area contributed by atoms with E-state index in [1.54, 1.807) is 35.5 Å². The van der Waals surface area contributed by atoms with Crippen molar-refractivity contribution < 1.29 is 9.18 Å². The first kappa shape index (κ1) is 18.6. The zero-order chi connectivity index (χ0) is 19.5. The van der Waals surface area contributed by atoms with Gasteiger partial charge in [-0.25, -0.2) is 4.39 Å². The van der Waals surface area contributed by atoms with Gasteiger partial charge in [-0.05, 0) is 31.0 Å². The summed E-state index contributed by atoms with van der Waals surface area (Å²) < 4.78 is 15.9. The third-order valence-electron chi connectivity index (χ3n) is 4.70. The van der Waals surface area contributed by atoms with Crippen LogP contribution in [0, 0.1) is 5.82 Å². The second-order valence-corrected chi connectivity index (χ2v) is 7.68. The standard InChI is InChI=1S/C20H20FN5OS/c1-25-19(14-8-10-22-11-9-14)23-24-20(25)28-13-18(27)26(16-6-7-16)12-15-4-2-3-5-17(15)21/h2-5,8-11,16H,6-7,12-13H2,1H3. The van der Waals surface area contributed by atoms with E-state index in [0.717, 1.165) is 24.2 Å².